The summed E-state index contributed by atoms with van der Waals surface area (Å²) in [5.41, 5.74) is 0.202. The van der Waals surface area contributed by atoms with Gasteiger partial charge in [-0.25, -0.2) is 8.78 Å². The van der Waals surface area contributed by atoms with Crippen LogP contribution in [0.4, 0.5) is 8.78 Å². The molecule has 2 amide bonds. The van der Waals surface area contributed by atoms with E-state index in [-0.39, 0.29) is 36.4 Å². The predicted octanol–water partition coefficient (Wildman–Crippen LogP) is 1.18. The van der Waals surface area contributed by atoms with E-state index in [1.165, 1.54) is 6.07 Å². The molecule has 1 atom stereocenters. The van der Waals surface area contributed by atoms with Gasteiger partial charge >= 0.3 is 0 Å². The molecule has 1 aliphatic heterocycles. The summed E-state index contributed by atoms with van der Waals surface area (Å²) < 4.78 is 26.4. The van der Waals surface area contributed by atoms with E-state index in [2.05, 4.69) is 10.6 Å². The first-order valence-electron chi connectivity index (χ1n) is 7.62. The molecule has 1 fully saturated rings. The topological polar surface area (TPSA) is 61.4 Å². The molecule has 1 saturated heterocycles. The highest BCUT2D eigenvalue weighted by molar-refractivity contribution is 5.88. The highest BCUT2D eigenvalue weighted by atomic mass is 19.1. The Morgan fingerprint density at radius 3 is 2.83 bits per heavy atom. The number of piperazine rings is 1. The van der Waals surface area contributed by atoms with Crippen molar-refractivity contribution in [3.63, 3.8) is 0 Å². The van der Waals surface area contributed by atoms with Crippen molar-refractivity contribution in [2.45, 2.75) is 38.9 Å². The van der Waals surface area contributed by atoms with Gasteiger partial charge in [0.05, 0.1) is 12.5 Å². The zero-order chi connectivity index (χ0) is 17.0. The van der Waals surface area contributed by atoms with Gasteiger partial charge in [-0.1, -0.05) is 6.07 Å². The Balaban J connectivity index is 1.94. The fraction of sp³-hybridized carbons (Fsp3) is 0.500. The first-order valence-corrected chi connectivity index (χ1v) is 7.62. The van der Waals surface area contributed by atoms with E-state index in [1.54, 1.807) is 0 Å². The average Bonchev–Trinajstić information content (AvgIpc) is 2.48. The third-order valence-corrected chi connectivity index (χ3v) is 3.91. The molecule has 1 aliphatic rings. The number of rotatable bonds is 5. The normalized spacial score (nSPS) is 18.8. The molecule has 0 saturated carbocycles. The number of carbonyl (C=O) groups excluding carboxylic acids is 2. The summed E-state index contributed by atoms with van der Waals surface area (Å²) >= 11 is 0. The quantitative estimate of drug-likeness (QED) is 0.855. The Hall–Kier alpha value is -2.02. The van der Waals surface area contributed by atoms with Gasteiger partial charge in [0.1, 0.15) is 11.6 Å². The Morgan fingerprint density at radius 1 is 1.43 bits per heavy atom. The van der Waals surface area contributed by atoms with Gasteiger partial charge in [-0.05, 0) is 19.9 Å². The highest BCUT2D eigenvalue weighted by Gasteiger charge is 2.32. The van der Waals surface area contributed by atoms with E-state index in [1.807, 2.05) is 18.7 Å². The van der Waals surface area contributed by atoms with Crippen LogP contribution >= 0.6 is 0 Å². The predicted molar refractivity (Wildman–Crippen MR) is 81.5 cm³/mol. The molecule has 2 rings (SSSR count). The van der Waals surface area contributed by atoms with E-state index in [4.69, 9.17) is 0 Å². The van der Waals surface area contributed by atoms with Crippen LogP contribution in [0.2, 0.25) is 0 Å². The lowest BCUT2D eigenvalue weighted by Crippen LogP contribution is -2.58. The summed E-state index contributed by atoms with van der Waals surface area (Å²) in [6.45, 7) is 5.15. The maximum Gasteiger partial charge on any atom is 0.237 e. The monoisotopic (exact) mass is 325 g/mol. The Kier molecular flexibility index (Phi) is 5.65. The molecule has 0 bridgehead atoms. The van der Waals surface area contributed by atoms with Crippen LogP contribution < -0.4 is 10.6 Å². The summed E-state index contributed by atoms with van der Waals surface area (Å²) in [4.78, 5) is 26.0. The van der Waals surface area contributed by atoms with Crippen molar-refractivity contribution in [1.29, 1.82) is 0 Å². The summed E-state index contributed by atoms with van der Waals surface area (Å²) in [5, 5.41) is 5.33. The molecule has 0 unspecified atom stereocenters. The molecular formula is C16H21F2N3O2. The lowest BCUT2D eigenvalue weighted by atomic mass is 10.1. The number of hydrogen-bond donors (Lipinski definition) is 2. The van der Waals surface area contributed by atoms with Crippen LogP contribution in [0.3, 0.4) is 0 Å². The van der Waals surface area contributed by atoms with Crippen molar-refractivity contribution >= 4 is 11.8 Å². The number of hydrogen-bond acceptors (Lipinski definition) is 3. The van der Waals surface area contributed by atoms with Gasteiger partial charge in [-0.2, -0.15) is 0 Å². The SMILES string of the molecule is CC(C)N1CCNC(=O)[C@H]1CC(=O)NCc1ccc(F)cc1F. The average molecular weight is 325 g/mol. The number of nitrogens with zero attached hydrogens (tertiary/aromatic N) is 1. The first-order chi connectivity index (χ1) is 10.9. The fourth-order valence-electron chi connectivity index (χ4n) is 2.67. The number of nitrogens with one attached hydrogen (secondary N) is 2. The minimum atomic E-state index is -0.704. The molecule has 1 heterocycles. The van der Waals surface area contributed by atoms with Crippen LogP contribution in [-0.2, 0) is 16.1 Å². The second kappa shape index (κ2) is 7.50. The summed E-state index contributed by atoms with van der Waals surface area (Å²) in [6, 6.07) is 2.82. The number of carbonyl (C=O) groups is 2. The first kappa shape index (κ1) is 17.3. The van der Waals surface area contributed by atoms with E-state index in [9.17, 15) is 18.4 Å². The van der Waals surface area contributed by atoms with Crippen LogP contribution in [0.15, 0.2) is 18.2 Å². The third kappa shape index (κ3) is 4.48. The molecule has 5 nitrogen and oxygen atoms in total. The van der Waals surface area contributed by atoms with Gasteiger partial charge in [0, 0.05) is 37.3 Å². The second-order valence-electron chi connectivity index (χ2n) is 5.85. The van der Waals surface area contributed by atoms with Crippen molar-refractivity contribution in [3.8, 4) is 0 Å². The van der Waals surface area contributed by atoms with Crippen molar-refractivity contribution in [3.05, 3.63) is 35.4 Å². The molecule has 0 aliphatic carbocycles. The van der Waals surface area contributed by atoms with Crippen molar-refractivity contribution in [2.24, 2.45) is 0 Å². The molecule has 0 aromatic heterocycles. The van der Waals surface area contributed by atoms with Crippen LogP contribution in [-0.4, -0.2) is 41.9 Å². The zero-order valence-corrected chi connectivity index (χ0v) is 13.2. The number of halogens is 2. The molecule has 126 valence electrons. The molecule has 0 radical (unpaired) electrons. The van der Waals surface area contributed by atoms with E-state index in [0.717, 1.165) is 12.1 Å². The van der Waals surface area contributed by atoms with Crippen LogP contribution in [0.25, 0.3) is 0 Å². The Morgan fingerprint density at radius 2 is 2.17 bits per heavy atom. The van der Waals surface area contributed by atoms with E-state index >= 15 is 0 Å². The molecule has 2 N–H and O–H groups in total. The second-order valence-corrected chi connectivity index (χ2v) is 5.85. The molecular weight excluding hydrogens is 304 g/mol. The Bertz CT molecular complexity index is 593. The molecule has 1 aromatic carbocycles. The maximum absolute atomic E-state index is 13.5. The van der Waals surface area contributed by atoms with E-state index in [0.29, 0.717) is 13.1 Å². The largest absolute Gasteiger partial charge is 0.353 e. The van der Waals surface area contributed by atoms with Crippen LogP contribution in [0, 0.1) is 11.6 Å². The highest BCUT2D eigenvalue weighted by Crippen LogP contribution is 2.13. The summed E-state index contributed by atoms with van der Waals surface area (Å²) in [5.74, 6) is -1.89. The van der Waals surface area contributed by atoms with Gasteiger partial charge in [-0.15, -0.1) is 0 Å². The van der Waals surface area contributed by atoms with Crippen molar-refractivity contribution in [2.75, 3.05) is 13.1 Å². The van der Waals surface area contributed by atoms with Gasteiger partial charge in [0.15, 0.2) is 0 Å². The summed E-state index contributed by atoms with van der Waals surface area (Å²) in [7, 11) is 0. The van der Waals surface area contributed by atoms with Crippen molar-refractivity contribution in [1.82, 2.24) is 15.5 Å². The molecule has 0 spiro atoms. The van der Waals surface area contributed by atoms with Gasteiger partial charge < -0.3 is 10.6 Å². The molecule has 1 aromatic rings. The molecule has 23 heavy (non-hydrogen) atoms. The number of amides is 2. The smallest absolute Gasteiger partial charge is 0.237 e. The minimum absolute atomic E-state index is 0.00677. The zero-order valence-electron chi connectivity index (χ0n) is 13.2. The lowest BCUT2D eigenvalue weighted by Gasteiger charge is -2.37. The maximum atomic E-state index is 13.5. The van der Waals surface area contributed by atoms with Gasteiger partial charge in [-0.3, -0.25) is 14.5 Å². The Labute approximate surface area is 134 Å². The lowest BCUT2D eigenvalue weighted by molar-refractivity contribution is -0.134. The van der Waals surface area contributed by atoms with Crippen LogP contribution in [0.1, 0.15) is 25.8 Å². The summed E-state index contributed by atoms with van der Waals surface area (Å²) in [6.07, 6.45) is 0.00677. The van der Waals surface area contributed by atoms with Crippen molar-refractivity contribution < 1.29 is 18.4 Å². The van der Waals surface area contributed by atoms with Gasteiger partial charge in [0.2, 0.25) is 11.8 Å². The minimum Gasteiger partial charge on any atom is -0.353 e. The van der Waals surface area contributed by atoms with Crippen LogP contribution in [0.5, 0.6) is 0 Å². The fourth-order valence-corrected chi connectivity index (χ4v) is 2.67. The third-order valence-electron chi connectivity index (χ3n) is 3.91. The molecule has 7 heteroatoms. The number of benzene rings is 1. The van der Waals surface area contributed by atoms with E-state index < -0.39 is 17.7 Å². The van der Waals surface area contributed by atoms with Gasteiger partial charge in [0.25, 0.3) is 0 Å². The standard InChI is InChI=1S/C16H21F2N3O2/c1-10(2)21-6-5-19-16(23)14(21)8-15(22)20-9-11-3-4-12(17)7-13(11)18/h3-4,7,10,14H,5-6,8-9H2,1-2H3,(H,19,23)(H,20,22)/t14-/m1/s1.